The molecule has 1 aliphatic rings. The number of carbonyl (C=O) groups is 1. The second kappa shape index (κ2) is 7.68. The van der Waals surface area contributed by atoms with E-state index in [2.05, 4.69) is 5.32 Å². The molecular formula is C16H24N2O4S. The first-order valence-electron chi connectivity index (χ1n) is 7.82. The fourth-order valence-electron chi connectivity index (χ4n) is 2.61. The van der Waals surface area contributed by atoms with Gasteiger partial charge in [-0.2, -0.15) is 0 Å². The summed E-state index contributed by atoms with van der Waals surface area (Å²) in [7, 11) is -1.79. The lowest BCUT2D eigenvalue weighted by Gasteiger charge is -2.22. The Kier molecular flexibility index (Phi) is 5.87. The highest BCUT2D eigenvalue weighted by molar-refractivity contribution is 7.92. The van der Waals surface area contributed by atoms with E-state index in [4.69, 9.17) is 4.74 Å². The first-order chi connectivity index (χ1) is 10.9. The molecule has 0 unspecified atom stereocenters. The number of benzene rings is 1. The summed E-state index contributed by atoms with van der Waals surface area (Å²) in [4.78, 5) is 11.9. The van der Waals surface area contributed by atoms with Crippen LogP contribution in [0.4, 0.5) is 5.69 Å². The number of nitrogens with zero attached hydrogens (tertiary/aromatic N) is 1. The molecule has 0 aliphatic heterocycles. The van der Waals surface area contributed by atoms with Crippen LogP contribution in [0.3, 0.4) is 0 Å². The van der Waals surface area contributed by atoms with E-state index in [1.165, 1.54) is 30.6 Å². The largest absolute Gasteiger partial charge is 0.484 e. The Morgan fingerprint density at radius 1 is 1.22 bits per heavy atom. The first kappa shape index (κ1) is 17.6. The van der Waals surface area contributed by atoms with E-state index in [1.54, 1.807) is 24.3 Å². The summed E-state index contributed by atoms with van der Waals surface area (Å²) in [6.07, 6.45) is 6.81. The Balaban J connectivity index is 1.82. The van der Waals surface area contributed by atoms with E-state index in [1.807, 2.05) is 0 Å². The van der Waals surface area contributed by atoms with Crippen molar-refractivity contribution in [3.63, 3.8) is 0 Å². The van der Waals surface area contributed by atoms with Crippen LogP contribution in [0.15, 0.2) is 24.3 Å². The van der Waals surface area contributed by atoms with Crippen LogP contribution in [0.1, 0.15) is 32.1 Å². The maximum Gasteiger partial charge on any atom is 0.258 e. The maximum atomic E-state index is 11.9. The molecule has 1 aromatic rings. The van der Waals surface area contributed by atoms with Crippen molar-refractivity contribution in [1.29, 1.82) is 0 Å². The van der Waals surface area contributed by atoms with E-state index in [9.17, 15) is 13.2 Å². The van der Waals surface area contributed by atoms with Gasteiger partial charge in [-0.05, 0) is 37.1 Å². The molecule has 7 heteroatoms. The zero-order valence-electron chi connectivity index (χ0n) is 13.6. The lowest BCUT2D eigenvalue weighted by atomic mass is 9.95. The molecule has 6 nitrogen and oxygen atoms in total. The van der Waals surface area contributed by atoms with Crippen molar-refractivity contribution in [2.75, 3.05) is 24.2 Å². The minimum atomic E-state index is -3.28. The van der Waals surface area contributed by atoms with Gasteiger partial charge in [-0.25, -0.2) is 8.42 Å². The summed E-state index contributed by atoms with van der Waals surface area (Å²) in [5, 5.41) is 2.99. The molecular weight excluding hydrogens is 316 g/mol. The zero-order valence-corrected chi connectivity index (χ0v) is 14.4. The molecule has 0 atom stereocenters. The lowest BCUT2D eigenvalue weighted by Crippen LogP contribution is -2.38. The molecule has 1 fully saturated rings. The number of rotatable bonds is 6. The van der Waals surface area contributed by atoms with E-state index >= 15 is 0 Å². The van der Waals surface area contributed by atoms with Crippen LogP contribution < -0.4 is 14.4 Å². The van der Waals surface area contributed by atoms with Gasteiger partial charge in [0.1, 0.15) is 5.75 Å². The Bertz CT molecular complexity index is 622. The summed E-state index contributed by atoms with van der Waals surface area (Å²) in [5.74, 6) is 0.420. The zero-order chi connectivity index (χ0) is 16.9. The number of carbonyl (C=O) groups excluding carboxylic acids is 1. The number of amides is 1. The van der Waals surface area contributed by atoms with Crippen LogP contribution in [-0.4, -0.2) is 40.3 Å². The quantitative estimate of drug-likeness (QED) is 0.858. The molecule has 0 aromatic heterocycles. The first-order valence-corrected chi connectivity index (χ1v) is 9.67. The van der Waals surface area contributed by atoms with Gasteiger partial charge < -0.3 is 10.1 Å². The van der Waals surface area contributed by atoms with E-state index in [0.717, 1.165) is 19.1 Å². The number of ether oxygens (including phenoxy) is 1. The molecule has 1 aromatic carbocycles. The highest BCUT2D eigenvalue weighted by Crippen LogP contribution is 2.20. The summed E-state index contributed by atoms with van der Waals surface area (Å²) in [6.45, 7) is -0.0300. The summed E-state index contributed by atoms with van der Waals surface area (Å²) < 4.78 is 29.6. The van der Waals surface area contributed by atoms with Crippen molar-refractivity contribution < 1.29 is 17.9 Å². The second-order valence-corrected chi connectivity index (χ2v) is 7.93. The van der Waals surface area contributed by atoms with Gasteiger partial charge in [-0.1, -0.05) is 19.3 Å². The van der Waals surface area contributed by atoms with Crippen molar-refractivity contribution >= 4 is 21.6 Å². The fourth-order valence-corrected chi connectivity index (χ4v) is 3.11. The Hall–Kier alpha value is -1.76. The van der Waals surface area contributed by atoms with Crippen molar-refractivity contribution in [2.24, 2.45) is 0 Å². The Morgan fingerprint density at radius 3 is 2.39 bits per heavy atom. The third-order valence-electron chi connectivity index (χ3n) is 4.04. The average Bonchev–Trinajstić information content (AvgIpc) is 2.53. The van der Waals surface area contributed by atoms with Gasteiger partial charge in [0.05, 0.1) is 11.9 Å². The molecule has 0 radical (unpaired) electrons. The van der Waals surface area contributed by atoms with Gasteiger partial charge in [-0.3, -0.25) is 9.10 Å². The molecule has 1 amide bonds. The van der Waals surface area contributed by atoms with Crippen LogP contribution in [0, 0.1) is 0 Å². The molecule has 0 saturated heterocycles. The third-order valence-corrected chi connectivity index (χ3v) is 5.24. The summed E-state index contributed by atoms with van der Waals surface area (Å²) in [5.41, 5.74) is 0.548. The number of hydrogen-bond acceptors (Lipinski definition) is 4. The predicted octanol–water partition coefficient (Wildman–Crippen LogP) is 1.91. The monoisotopic (exact) mass is 340 g/mol. The molecule has 128 valence electrons. The van der Waals surface area contributed by atoms with Gasteiger partial charge in [0.2, 0.25) is 10.0 Å². The van der Waals surface area contributed by atoms with Gasteiger partial charge in [-0.15, -0.1) is 0 Å². The van der Waals surface area contributed by atoms with Crippen molar-refractivity contribution in [1.82, 2.24) is 5.32 Å². The fraction of sp³-hybridized carbons (Fsp3) is 0.562. The minimum Gasteiger partial charge on any atom is -0.484 e. The minimum absolute atomic E-state index is 0.0300. The number of sulfonamides is 1. The molecule has 0 spiro atoms. The smallest absolute Gasteiger partial charge is 0.258 e. The van der Waals surface area contributed by atoms with Gasteiger partial charge in [0, 0.05) is 13.1 Å². The summed E-state index contributed by atoms with van der Waals surface area (Å²) >= 11 is 0. The van der Waals surface area contributed by atoms with Gasteiger partial charge in [0.25, 0.3) is 5.91 Å². The van der Waals surface area contributed by atoms with Crippen LogP contribution in [-0.2, 0) is 14.8 Å². The molecule has 0 heterocycles. The summed E-state index contributed by atoms with van der Waals surface area (Å²) in [6, 6.07) is 6.88. The highest BCUT2D eigenvalue weighted by atomic mass is 32.2. The normalized spacial score (nSPS) is 15.9. The van der Waals surface area contributed by atoms with Crippen LogP contribution in [0.5, 0.6) is 5.75 Å². The van der Waals surface area contributed by atoms with Crippen molar-refractivity contribution in [2.45, 2.75) is 38.1 Å². The maximum absolute atomic E-state index is 11.9. The third kappa shape index (κ3) is 5.42. The SMILES string of the molecule is CN(c1ccc(OCC(=O)NC2CCCCC2)cc1)S(C)(=O)=O. The second-order valence-electron chi connectivity index (χ2n) is 5.92. The molecule has 1 N–H and O–H groups in total. The van der Waals surface area contributed by atoms with Gasteiger partial charge in [0.15, 0.2) is 6.61 Å². The van der Waals surface area contributed by atoms with Crippen LogP contribution in [0.25, 0.3) is 0 Å². The topological polar surface area (TPSA) is 75.7 Å². The molecule has 23 heavy (non-hydrogen) atoms. The number of anilines is 1. The Morgan fingerprint density at radius 2 is 1.83 bits per heavy atom. The molecule has 1 aliphatic carbocycles. The van der Waals surface area contributed by atoms with E-state index in [0.29, 0.717) is 11.4 Å². The average molecular weight is 340 g/mol. The molecule has 2 rings (SSSR count). The lowest BCUT2D eigenvalue weighted by molar-refractivity contribution is -0.124. The van der Waals surface area contributed by atoms with Gasteiger partial charge >= 0.3 is 0 Å². The number of hydrogen-bond donors (Lipinski definition) is 1. The standard InChI is InChI=1S/C16H24N2O4S/c1-18(23(2,20)21)14-8-10-15(11-9-14)22-12-16(19)17-13-6-4-3-5-7-13/h8-11,13H,3-7,12H2,1-2H3,(H,17,19). The van der Waals surface area contributed by atoms with Crippen molar-refractivity contribution in [3.8, 4) is 5.75 Å². The predicted molar refractivity (Wildman–Crippen MR) is 90.2 cm³/mol. The van der Waals surface area contributed by atoms with E-state index in [-0.39, 0.29) is 18.6 Å². The van der Waals surface area contributed by atoms with E-state index < -0.39 is 10.0 Å². The van der Waals surface area contributed by atoms with Crippen molar-refractivity contribution in [3.05, 3.63) is 24.3 Å². The molecule has 1 saturated carbocycles. The number of nitrogens with one attached hydrogen (secondary N) is 1. The highest BCUT2D eigenvalue weighted by Gasteiger charge is 2.16. The Labute approximate surface area is 137 Å². The molecule has 0 bridgehead atoms. The van der Waals surface area contributed by atoms with Crippen LogP contribution in [0.2, 0.25) is 0 Å². The van der Waals surface area contributed by atoms with Crippen LogP contribution >= 0.6 is 0 Å².